The Kier molecular flexibility index (Phi) is 4.58. The third kappa shape index (κ3) is 2.99. The van der Waals surface area contributed by atoms with Crippen molar-refractivity contribution in [3.05, 3.63) is 29.8 Å². The van der Waals surface area contributed by atoms with Crippen LogP contribution in [-0.2, 0) is 0 Å². The van der Waals surface area contributed by atoms with Gasteiger partial charge >= 0.3 is 0 Å². The molecule has 110 valence electrons. The topological polar surface area (TPSA) is 24.5 Å². The summed E-state index contributed by atoms with van der Waals surface area (Å²) in [5.74, 6) is 1.75. The maximum Gasteiger partial charge on any atom is 0.118 e. The Balaban J connectivity index is 1.82. The molecule has 20 heavy (non-hydrogen) atoms. The maximum absolute atomic E-state index is 5.30. The first-order chi connectivity index (χ1) is 9.88. The van der Waals surface area contributed by atoms with E-state index in [4.69, 9.17) is 4.74 Å². The first-order valence-electron chi connectivity index (χ1n) is 7.97. The van der Waals surface area contributed by atoms with E-state index >= 15 is 0 Å². The zero-order valence-corrected chi connectivity index (χ0v) is 12.5. The summed E-state index contributed by atoms with van der Waals surface area (Å²) in [6.07, 6.45) is 5.32. The Morgan fingerprint density at radius 2 is 1.75 bits per heavy atom. The quantitative estimate of drug-likeness (QED) is 0.913. The molecule has 0 bridgehead atoms. The minimum Gasteiger partial charge on any atom is -0.497 e. The maximum atomic E-state index is 5.30. The summed E-state index contributed by atoms with van der Waals surface area (Å²) in [7, 11) is 1.74. The molecule has 2 fully saturated rings. The highest BCUT2D eigenvalue weighted by Gasteiger charge is 2.31. The Labute approximate surface area is 122 Å². The van der Waals surface area contributed by atoms with E-state index in [0.717, 1.165) is 11.7 Å². The van der Waals surface area contributed by atoms with E-state index in [9.17, 15) is 0 Å². The van der Waals surface area contributed by atoms with Crippen molar-refractivity contribution in [1.29, 1.82) is 0 Å². The van der Waals surface area contributed by atoms with Crippen molar-refractivity contribution in [1.82, 2.24) is 10.2 Å². The van der Waals surface area contributed by atoms with Crippen LogP contribution in [0.5, 0.6) is 5.75 Å². The summed E-state index contributed by atoms with van der Waals surface area (Å²) in [5, 5.41) is 3.49. The fraction of sp³-hybridized carbons (Fsp3) is 0.647. The van der Waals surface area contributed by atoms with Crippen molar-refractivity contribution >= 4 is 0 Å². The Bertz CT molecular complexity index is 406. The highest BCUT2D eigenvalue weighted by molar-refractivity contribution is 5.29. The van der Waals surface area contributed by atoms with Gasteiger partial charge in [-0.1, -0.05) is 12.1 Å². The molecule has 2 heterocycles. The molecule has 1 aromatic carbocycles. The van der Waals surface area contributed by atoms with E-state index < -0.39 is 0 Å². The van der Waals surface area contributed by atoms with Crippen molar-refractivity contribution in [2.75, 3.05) is 33.3 Å². The van der Waals surface area contributed by atoms with Crippen molar-refractivity contribution in [2.24, 2.45) is 5.92 Å². The lowest BCUT2D eigenvalue weighted by atomic mass is 9.85. The number of benzene rings is 1. The largest absolute Gasteiger partial charge is 0.497 e. The Morgan fingerprint density at radius 3 is 2.35 bits per heavy atom. The van der Waals surface area contributed by atoms with Crippen LogP contribution < -0.4 is 10.1 Å². The van der Waals surface area contributed by atoms with Crippen LogP contribution in [0.1, 0.15) is 37.3 Å². The third-order valence-electron chi connectivity index (χ3n) is 4.82. The van der Waals surface area contributed by atoms with E-state index in [1.165, 1.54) is 57.4 Å². The second-order valence-electron chi connectivity index (χ2n) is 6.05. The summed E-state index contributed by atoms with van der Waals surface area (Å²) in [5.41, 5.74) is 1.47. The van der Waals surface area contributed by atoms with E-state index in [2.05, 4.69) is 34.5 Å². The molecule has 0 aromatic heterocycles. The van der Waals surface area contributed by atoms with Gasteiger partial charge in [-0.2, -0.15) is 0 Å². The monoisotopic (exact) mass is 274 g/mol. The van der Waals surface area contributed by atoms with Crippen LogP contribution in [0.25, 0.3) is 0 Å². The molecule has 1 N–H and O–H groups in total. The molecule has 2 aliphatic rings. The average molecular weight is 274 g/mol. The number of hydrogen-bond acceptors (Lipinski definition) is 3. The smallest absolute Gasteiger partial charge is 0.118 e. The van der Waals surface area contributed by atoms with Gasteiger partial charge in [0.2, 0.25) is 0 Å². The zero-order valence-electron chi connectivity index (χ0n) is 12.5. The average Bonchev–Trinajstić information content (AvgIpc) is 3.03. The molecule has 0 saturated carbocycles. The number of nitrogens with one attached hydrogen (secondary N) is 1. The fourth-order valence-electron chi connectivity index (χ4n) is 3.76. The van der Waals surface area contributed by atoms with Crippen molar-refractivity contribution < 1.29 is 4.74 Å². The highest BCUT2D eigenvalue weighted by atomic mass is 16.5. The van der Waals surface area contributed by atoms with Gasteiger partial charge in [0.05, 0.1) is 7.11 Å². The molecular formula is C17H26N2O. The van der Waals surface area contributed by atoms with Crippen LogP contribution in [-0.4, -0.2) is 38.2 Å². The first kappa shape index (κ1) is 13.9. The summed E-state index contributed by atoms with van der Waals surface area (Å²) >= 11 is 0. The second kappa shape index (κ2) is 6.59. The van der Waals surface area contributed by atoms with Gasteiger partial charge in [-0.05, 0) is 75.5 Å². The minimum absolute atomic E-state index is 0.602. The van der Waals surface area contributed by atoms with E-state index in [-0.39, 0.29) is 0 Å². The number of rotatable bonds is 4. The molecule has 3 rings (SSSR count). The van der Waals surface area contributed by atoms with Gasteiger partial charge in [-0.25, -0.2) is 0 Å². The van der Waals surface area contributed by atoms with Crippen molar-refractivity contribution in [2.45, 2.75) is 31.7 Å². The lowest BCUT2D eigenvalue weighted by molar-refractivity contribution is 0.148. The molecule has 0 aliphatic carbocycles. The van der Waals surface area contributed by atoms with E-state index in [0.29, 0.717) is 6.04 Å². The van der Waals surface area contributed by atoms with Gasteiger partial charge in [-0.15, -0.1) is 0 Å². The standard InChI is InChI=1S/C17H26N2O/c1-20-16-6-4-14(5-7-16)17(19-12-2-3-13-19)15-8-10-18-11-9-15/h4-7,15,17-18H,2-3,8-13H2,1H3. The molecule has 0 amide bonds. The number of nitrogens with zero attached hydrogens (tertiary/aromatic N) is 1. The van der Waals surface area contributed by atoms with Crippen LogP contribution in [0.3, 0.4) is 0 Å². The Hall–Kier alpha value is -1.06. The number of piperidine rings is 1. The molecule has 1 unspecified atom stereocenters. The predicted molar refractivity (Wildman–Crippen MR) is 82.1 cm³/mol. The van der Waals surface area contributed by atoms with Crippen molar-refractivity contribution in [3.63, 3.8) is 0 Å². The normalized spacial score (nSPS) is 22.9. The van der Waals surface area contributed by atoms with E-state index in [1.807, 2.05) is 0 Å². The van der Waals surface area contributed by atoms with Gasteiger partial charge in [-0.3, -0.25) is 4.90 Å². The van der Waals surface area contributed by atoms with E-state index in [1.54, 1.807) is 7.11 Å². The lowest BCUT2D eigenvalue weighted by Crippen LogP contribution is -2.37. The number of hydrogen-bond donors (Lipinski definition) is 1. The highest BCUT2D eigenvalue weighted by Crippen LogP contribution is 2.36. The number of methoxy groups -OCH3 is 1. The summed E-state index contributed by atoms with van der Waals surface area (Å²) in [6.45, 7) is 4.87. The van der Waals surface area contributed by atoms with Crippen LogP contribution >= 0.6 is 0 Å². The van der Waals surface area contributed by atoms with Gasteiger partial charge in [0, 0.05) is 6.04 Å². The van der Waals surface area contributed by atoms with Crippen molar-refractivity contribution in [3.8, 4) is 5.75 Å². The predicted octanol–water partition coefficient (Wildman–Crippen LogP) is 2.83. The number of ether oxygens (including phenoxy) is 1. The molecule has 1 aromatic rings. The lowest BCUT2D eigenvalue weighted by Gasteiger charge is -2.37. The fourth-order valence-corrected chi connectivity index (χ4v) is 3.76. The zero-order chi connectivity index (χ0) is 13.8. The third-order valence-corrected chi connectivity index (χ3v) is 4.82. The molecule has 2 saturated heterocycles. The van der Waals surface area contributed by atoms with Crippen LogP contribution in [0, 0.1) is 5.92 Å². The number of likely N-dealkylation sites (tertiary alicyclic amines) is 1. The summed E-state index contributed by atoms with van der Waals surface area (Å²) in [4.78, 5) is 2.71. The van der Waals surface area contributed by atoms with Crippen LogP contribution in [0.15, 0.2) is 24.3 Å². The van der Waals surface area contributed by atoms with Gasteiger partial charge < -0.3 is 10.1 Å². The SMILES string of the molecule is COc1ccc(C(C2CCNCC2)N2CCCC2)cc1. The summed E-state index contributed by atoms with van der Waals surface area (Å²) in [6, 6.07) is 9.36. The Morgan fingerprint density at radius 1 is 1.10 bits per heavy atom. The van der Waals surface area contributed by atoms with Gasteiger partial charge in [0.1, 0.15) is 5.75 Å². The molecule has 0 spiro atoms. The minimum atomic E-state index is 0.602. The molecular weight excluding hydrogens is 248 g/mol. The van der Waals surface area contributed by atoms with Gasteiger partial charge in [0.15, 0.2) is 0 Å². The first-order valence-corrected chi connectivity index (χ1v) is 7.97. The van der Waals surface area contributed by atoms with Crippen LogP contribution in [0.4, 0.5) is 0 Å². The second-order valence-corrected chi connectivity index (χ2v) is 6.05. The molecule has 1 atom stereocenters. The van der Waals surface area contributed by atoms with Gasteiger partial charge in [0.25, 0.3) is 0 Å². The molecule has 3 heteroatoms. The molecule has 0 radical (unpaired) electrons. The van der Waals surface area contributed by atoms with Crippen LogP contribution in [0.2, 0.25) is 0 Å². The summed E-state index contributed by atoms with van der Waals surface area (Å²) < 4.78 is 5.30. The molecule has 2 aliphatic heterocycles. The molecule has 3 nitrogen and oxygen atoms in total.